The third kappa shape index (κ3) is 2.99. The van der Waals surface area contributed by atoms with Crippen LogP contribution in [0.5, 0.6) is 0 Å². The SMILES string of the molecule is Cc1cccc(-n2c(CCC(=O)O)nc3cc(C=O)ccc32)c1. The number of aromatic nitrogens is 2. The second-order valence-corrected chi connectivity index (χ2v) is 5.46. The van der Waals surface area contributed by atoms with Gasteiger partial charge < -0.3 is 5.11 Å². The third-order valence-electron chi connectivity index (χ3n) is 3.71. The number of aryl methyl sites for hydroxylation is 2. The Morgan fingerprint density at radius 3 is 2.78 bits per heavy atom. The van der Waals surface area contributed by atoms with Crippen molar-refractivity contribution in [2.24, 2.45) is 0 Å². The Balaban J connectivity index is 2.20. The first kappa shape index (κ1) is 15.0. The molecule has 0 aliphatic carbocycles. The van der Waals surface area contributed by atoms with Gasteiger partial charge >= 0.3 is 5.97 Å². The van der Waals surface area contributed by atoms with Gasteiger partial charge in [-0.3, -0.25) is 14.2 Å². The number of aliphatic carboxylic acids is 1. The molecule has 3 aromatic rings. The fraction of sp³-hybridized carbons (Fsp3) is 0.167. The number of carboxylic acids is 1. The number of nitrogens with zero attached hydrogens (tertiary/aromatic N) is 2. The molecule has 0 unspecified atom stereocenters. The molecule has 2 aromatic carbocycles. The number of carbonyl (C=O) groups is 2. The zero-order valence-electron chi connectivity index (χ0n) is 12.7. The van der Waals surface area contributed by atoms with Crippen LogP contribution < -0.4 is 0 Å². The molecule has 3 rings (SSSR count). The van der Waals surface area contributed by atoms with Crippen molar-refractivity contribution in [1.29, 1.82) is 0 Å². The van der Waals surface area contributed by atoms with E-state index in [1.54, 1.807) is 12.1 Å². The standard InChI is InChI=1S/C18H16N2O3/c1-12-3-2-4-14(9-12)20-16-6-5-13(11-21)10-15(16)19-17(20)7-8-18(22)23/h2-6,9-11H,7-8H2,1H3,(H,22,23). The summed E-state index contributed by atoms with van der Waals surface area (Å²) in [6.45, 7) is 2.00. The molecule has 5 heteroatoms. The highest BCUT2D eigenvalue weighted by molar-refractivity contribution is 5.86. The van der Waals surface area contributed by atoms with E-state index in [-0.39, 0.29) is 6.42 Å². The molecule has 0 bridgehead atoms. The van der Waals surface area contributed by atoms with Crippen LogP contribution in [-0.2, 0) is 11.2 Å². The minimum atomic E-state index is -0.860. The maximum absolute atomic E-state index is 11.0. The molecule has 0 spiro atoms. The van der Waals surface area contributed by atoms with E-state index in [4.69, 9.17) is 5.11 Å². The Bertz CT molecular complexity index is 896. The highest BCUT2D eigenvalue weighted by Gasteiger charge is 2.14. The van der Waals surface area contributed by atoms with Gasteiger partial charge in [0.25, 0.3) is 0 Å². The van der Waals surface area contributed by atoms with E-state index in [2.05, 4.69) is 4.98 Å². The summed E-state index contributed by atoms with van der Waals surface area (Å²) in [7, 11) is 0. The Labute approximate surface area is 133 Å². The summed E-state index contributed by atoms with van der Waals surface area (Å²) < 4.78 is 1.96. The number of fused-ring (bicyclic) bond motifs is 1. The second-order valence-electron chi connectivity index (χ2n) is 5.46. The molecule has 23 heavy (non-hydrogen) atoms. The lowest BCUT2D eigenvalue weighted by atomic mass is 10.2. The average Bonchev–Trinajstić information content (AvgIpc) is 2.90. The van der Waals surface area contributed by atoms with Crippen molar-refractivity contribution in [2.45, 2.75) is 19.8 Å². The van der Waals surface area contributed by atoms with Crippen LogP contribution >= 0.6 is 0 Å². The molecule has 0 aliphatic rings. The summed E-state index contributed by atoms with van der Waals surface area (Å²) >= 11 is 0. The summed E-state index contributed by atoms with van der Waals surface area (Å²) in [5, 5.41) is 8.95. The summed E-state index contributed by atoms with van der Waals surface area (Å²) in [4.78, 5) is 26.4. The van der Waals surface area contributed by atoms with Crippen molar-refractivity contribution in [2.75, 3.05) is 0 Å². The number of carbonyl (C=O) groups excluding carboxylic acids is 1. The molecule has 0 radical (unpaired) electrons. The first-order chi connectivity index (χ1) is 11.1. The van der Waals surface area contributed by atoms with Gasteiger partial charge in [0.15, 0.2) is 0 Å². The van der Waals surface area contributed by atoms with E-state index < -0.39 is 5.97 Å². The molecule has 116 valence electrons. The highest BCUT2D eigenvalue weighted by Crippen LogP contribution is 2.24. The maximum atomic E-state index is 11.0. The van der Waals surface area contributed by atoms with E-state index in [0.717, 1.165) is 23.1 Å². The Hall–Kier alpha value is -2.95. The molecule has 0 saturated heterocycles. The number of rotatable bonds is 5. The molecule has 1 aromatic heterocycles. The summed E-state index contributed by atoms with van der Waals surface area (Å²) in [6, 6.07) is 13.3. The van der Waals surface area contributed by atoms with Crippen LogP contribution in [0.25, 0.3) is 16.7 Å². The predicted octanol–water partition coefficient (Wildman–Crippen LogP) is 3.16. The van der Waals surface area contributed by atoms with Crippen LogP contribution in [0.3, 0.4) is 0 Å². The van der Waals surface area contributed by atoms with Crippen molar-refractivity contribution >= 4 is 23.3 Å². The Kier molecular flexibility index (Phi) is 3.93. The topological polar surface area (TPSA) is 72.2 Å². The number of hydrogen-bond acceptors (Lipinski definition) is 3. The number of benzene rings is 2. The molecule has 1 heterocycles. The van der Waals surface area contributed by atoms with E-state index in [1.165, 1.54) is 0 Å². The van der Waals surface area contributed by atoms with Gasteiger partial charge in [0.2, 0.25) is 0 Å². The Morgan fingerprint density at radius 1 is 1.26 bits per heavy atom. The lowest BCUT2D eigenvalue weighted by Crippen LogP contribution is -2.05. The predicted molar refractivity (Wildman–Crippen MR) is 87.2 cm³/mol. The van der Waals surface area contributed by atoms with E-state index in [0.29, 0.717) is 23.3 Å². The van der Waals surface area contributed by atoms with Crippen LogP contribution in [-0.4, -0.2) is 26.9 Å². The van der Waals surface area contributed by atoms with Crippen molar-refractivity contribution in [3.8, 4) is 5.69 Å². The molecule has 0 aliphatic heterocycles. The van der Waals surface area contributed by atoms with E-state index in [9.17, 15) is 9.59 Å². The van der Waals surface area contributed by atoms with Crippen molar-refractivity contribution in [1.82, 2.24) is 9.55 Å². The summed E-state index contributed by atoms with van der Waals surface area (Å²) in [5.41, 5.74) is 4.15. The van der Waals surface area contributed by atoms with Gasteiger partial charge in [0.05, 0.1) is 17.5 Å². The molecule has 0 saturated carbocycles. The fourth-order valence-corrected chi connectivity index (χ4v) is 2.66. The molecule has 5 nitrogen and oxygen atoms in total. The first-order valence-electron chi connectivity index (χ1n) is 7.34. The van der Waals surface area contributed by atoms with Gasteiger partial charge in [-0.25, -0.2) is 4.98 Å². The molecule has 0 amide bonds. The largest absolute Gasteiger partial charge is 0.481 e. The van der Waals surface area contributed by atoms with Gasteiger partial charge in [-0.1, -0.05) is 12.1 Å². The maximum Gasteiger partial charge on any atom is 0.303 e. The second kappa shape index (κ2) is 6.04. The van der Waals surface area contributed by atoms with Crippen molar-refractivity contribution in [3.05, 3.63) is 59.4 Å². The van der Waals surface area contributed by atoms with Gasteiger partial charge in [-0.05, 0) is 42.8 Å². The molecular weight excluding hydrogens is 292 g/mol. The first-order valence-corrected chi connectivity index (χ1v) is 7.34. The molecule has 0 fully saturated rings. The van der Waals surface area contributed by atoms with E-state index >= 15 is 0 Å². The van der Waals surface area contributed by atoms with Crippen LogP contribution in [0.2, 0.25) is 0 Å². The van der Waals surface area contributed by atoms with Crippen LogP contribution in [0.1, 0.15) is 28.2 Å². The quantitative estimate of drug-likeness (QED) is 0.735. The normalized spacial score (nSPS) is 10.8. The van der Waals surface area contributed by atoms with Crippen molar-refractivity contribution < 1.29 is 14.7 Å². The van der Waals surface area contributed by atoms with Crippen LogP contribution in [0, 0.1) is 6.92 Å². The summed E-state index contributed by atoms with van der Waals surface area (Å²) in [6.07, 6.45) is 1.12. The van der Waals surface area contributed by atoms with Gasteiger partial charge in [0, 0.05) is 17.7 Å². The zero-order chi connectivity index (χ0) is 16.4. The number of imidazole rings is 1. The molecule has 1 N–H and O–H groups in total. The van der Waals surface area contributed by atoms with Crippen LogP contribution in [0.4, 0.5) is 0 Å². The fourth-order valence-electron chi connectivity index (χ4n) is 2.66. The highest BCUT2D eigenvalue weighted by atomic mass is 16.4. The van der Waals surface area contributed by atoms with Crippen LogP contribution in [0.15, 0.2) is 42.5 Å². The minimum absolute atomic E-state index is 0.00960. The Morgan fingerprint density at radius 2 is 2.09 bits per heavy atom. The average molecular weight is 308 g/mol. The minimum Gasteiger partial charge on any atom is -0.481 e. The lowest BCUT2D eigenvalue weighted by molar-refractivity contribution is -0.137. The van der Waals surface area contributed by atoms with Gasteiger partial charge in [-0.2, -0.15) is 0 Å². The summed E-state index contributed by atoms with van der Waals surface area (Å²) in [5.74, 6) is -0.183. The van der Waals surface area contributed by atoms with E-state index in [1.807, 2.05) is 41.8 Å². The zero-order valence-corrected chi connectivity index (χ0v) is 12.7. The molecular formula is C18H16N2O3. The van der Waals surface area contributed by atoms with Crippen molar-refractivity contribution in [3.63, 3.8) is 0 Å². The number of aldehydes is 1. The van der Waals surface area contributed by atoms with Gasteiger partial charge in [-0.15, -0.1) is 0 Å². The van der Waals surface area contributed by atoms with Gasteiger partial charge in [0.1, 0.15) is 12.1 Å². The number of carboxylic acid groups (broad SMARTS) is 1. The monoisotopic (exact) mass is 308 g/mol. The number of hydrogen-bond donors (Lipinski definition) is 1. The smallest absolute Gasteiger partial charge is 0.303 e. The molecule has 0 atom stereocenters. The third-order valence-corrected chi connectivity index (χ3v) is 3.71. The lowest BCUT2D eigenvalue weighted by Gasteiger charge is -2.09.